The third-order valence-electron chi connectivity index (χ3n) is 2.18. The van der Waals surface area contributed by atoms with Gasteiger partial charge in [0.15, 0.2) is 0 Å². The van der Waals surface area contributed by atoms with Crippen LogP contribution >= 0.6 is 0 Å². The number of benzene rings is 1. The average molecular weight is 146 g/mol. The molecule has 1 aromatic carbocycles. The lowest BCUT2D eigenvalue weighted by Gasteiger charge is -2.03. The van der Waals surface area contributed by atoms with Gasteiger partial charge in [0, 0.05) is 6.54 Å². The highest BCUT2D eigenvalue weighted by atomic mass is 14.5. The molecule has 0 heterocycles. The van der Waals surface area contributed by atoms with Crippen LogP contribution in [0.2, 0.25) is 0 Å². The van der Waals surface area contributed by atoms with Gasteiger partial charge >= 0.3 is 0 Å². The predicted molar refractivity (Wildman–Crippen MR) is 45.1 cm³/mol. The Hall–Kier alpha value is -0.820. The fraction of sp³-hybridized carbons (Fsp3) is 0.400. The summed E-state index contributed by atoms with van der Waals surface area (Å²) >= 11 is 0. The average Bonchev–Trinajstić information content (AvgIpc) is 2.87. The molecular weight excluding hydrogens is 134 g/mol. The molecule has 0 spiro atoms. The van der Waals surface area contributed by atoms with E-state index in [0.29, 0.717) is 6.54 Å². The number of hydrogen-bond donors (Lipinski definition) is 1. The molecule has 0 atom stereocenters. The topological polar surface area (TPSA) is 26.0 Å². The van der Waals surface area contributed by atoms with Crippen LogP contribution in [0.25, 0.3) is 0 Å². The Labute approximate surface area is 67.2 Å². The zero-order valence-corrected chi connectivity index (χ0v) is 6.51. The summed E-state index contributed by atoms with van der Waals surface area (Å²) in [6.45, 7) is 0.656. The molecule has 0 aromatic heterocycles. The summed E-state index contributed by atoms with van der Waals surface area (Å²) < 4.78 is 0. The van der Waals surface area contributed by atoms with Crippen molar-refractivity contribution in [3.63, 3.8) is 0 Å². The number of hydrogen-bond acceptors (Lipinski definition) is 1. The molecule has 0 bridgehead atoms. The van der Waals surface area contributed by atoms with E-state index in [1.54, 1.807) is 0 Å². The molecule has 1 aliphatic rings. The van der Waals surface area contributed by atoms with E-state index in [1.165, 1.54) is 24.0 Å². The molecule has 0 saturated heterocycles. The quantitative estimate of drug-likeness (QED) is 0.676. The van der Waals surface area contributed by atoms with E-state index >= 15 is 0 Å². The van der Waals surface area contributed by atoms with E-state index < -0.39 is 0 Å². The van der Waals surface area contributed by atoms with Gasteiger partial charge in [0.2, 0.25) is 0 Å². The van der Waals surface area contributed by atoms with Gasteiger partial charge in [0.05, 0.1) is 0 Å². The summed E-state index contributed by atoms with van der Waals surface area (Å²) in [5.41, 5.74) is 8.23. The van der Waals surface area contributed by atoms with Gasteiger partial charge in [-0.05, 0) is 36.0 Å². The zero-order chi connectivity index (χ0) is 7.68. The fourth-order valence-corrected chi connectivity index (χ4v) is 1.41. The van der Waals surface area contributed by atoms with Crippen molar-refractivity contribution < 1.29 is 0 Å². The number of rotatable bonds is 2. The van der Waals surface area contributed by atoms with E-state index in [-0.39, 0.29) is 0 Å². The van der Waals surface area contributed by atoms with Crippen LogP contribution in [0.15, 0.2) is 18.2 Å². The minimum absolute atomic E-state index is 0.656. The molecule has 0 unspecified atom stereocenters. The molecule has 2 rings (SSSR count). The molecule has 0 amide bonds. The fourth-order valence-electron chi connectivity index (χ4n) is 1.41. The van der Waals surface area contributed by atoms with Crippen LogP contribution in [-0.4, -0.2) is 0 Å². The molecule has 11 heavy (non-hydrogen) atoms. The van der Waals surface area contributed by atoms with Crippen molar-refractivity contribution in [1.82, 2.24) is 0 Å². The monoisotopic (exact) mass is 146 g/mol. The van der Waals surface area contributed by atoms with Gasteiger partial charge in [-0.25, -0.2) is 0 Å². The van der Waals surface area contributed by atoms with Crippen LogP contribution < -0.4 is 5.73 Å². The summed E-state index contributed by atoms with van der Waals surface area (Å²) in [7, 11) is 0. The van der Waals surface area contributed by atoms with Crippen molar-refractivity contribution in [3.05, 3.63) is 35.4 Å². The standard InChI is InChI=1S/C10H12N/c11-7-9-3-1-2-4-10(9)8-5-6-8/h1-3,8H,5-7,11H2. The highest BCUT2D eigenvalue weighted by Gasteiger charge is 2.25. The van der Waals surface area contributed by atoms with Crippen LogP contribution in [0.4, 0.5) is 0 Å². The van der Waals surface area contributed by atoms with Gasteiger partial charge in [-0.1, -0.05) is 18.2 Å². The Morgan fingerprint density at radius 1 is 1.55 bits per heavy atom. The zero-order valence-electron chi connectivity index (χ0n) is 6.51. The SMILES string of the molecule is NCc1ccc[c]c1C1CC1. The van der Waals surface area contributed by atoms with Crippen LogP contribution in [0.5, 0.6) is 0 Å². The third kappa shape index (κ3) is 1.29. The van der Waals surface area contributed by atoms with E-state index in [1.807, 2.05) is 12.1 Å². The minimum Gasteiger partial charge on any atom is -0.326 e. The Morgan fingerprint density at radius 2 is 2.36 bits per heavy atom. The molecule has 0 aliphatic heterocycles. The summed E-state index contributed by atoms with van der Waals surface area (Å²) in [5.74, 6) is 0.773. The second kappa shape index (κ2) is 2.67. The molecule has 1 fully saturated rings. The second-order valence-electron chi connectivity index (χ2n) is 3.09. The third-order valence-corrected chi connectivity index (χ3v) is 2.18. The van der Waals surface area contributed by atoms with Crippen LogP contribution in [0, 0.1) is 6.07 Å². The smallest absolute Gasteiger partial charge is 0.0181 e. The summed E-state index contributed by atoms with van der Waals surface area (Å²) in [5, 5.41) is 0. The summed E-state index contributed by atoms with van der Waals surface area (Å²) in [4.78, 5) is 0. The molecule has 1 radical (unpaired) electrons. The van der Waals surface area contributed by atoms with Crippen molar-refractivity contribution in [2.24, 2.45) is 5.73 Å². The highest BCUT2D eigenvalue weighted by molar-refractivity contribution is 5.31. The van der Waals surface area contributed by atoms with Gasteiger partial charge in [-0.15, -0.1) is 0 Å². The Balaban J connectivity index is 2.34. The predicted octanol–water partition coefficient (Wildman–Crippen LogP) is 1.82. The molecule has 1 aliphatic carbocycles. The van der Waals surface area contributed by atoms with Gasteiger partial charge in [-0.2, -0.15) is 0 Å². The molecule has 1 aromatic rings. The first kappa shape index (κ1) is 6.86. The maximum absolute atomic E-state index is 5.60. The minimum atomic E-state index is 0.656. The van der Waals surface area contributed by atoms with Gasteiger partial charge in [0.1, 0.15) is 0 Å². The molecule has 1 nitrogen and oxygen atoms in total. The van der Waals surface area contributed by atoms with Crippen molar-refractivity contribution in [1.29, 1.82) is 0 Å². The van der Waals surface area contributed by atoms with Gasteiger partial charge < -0.3 is 5.73 Å². The molecule has 57 valence electrons. The van der Waals surface area contributed by atoms with E-state index in [9.17, 15) is 0 Å². The van der Waals surface area contributed by atoms with Gasteiger partial charge in [-0.3, -0.25) is 0 Å². The lowest BCUT2D eigenvalue weighted by molar-refractivity contribution is 0.994. The van der Waals surface area contributed by atoms with Crippen LogP contribution in [0.3, 0.4) is 0 Å². The Bertz CT molecular complexity index is 251. The van der Waals surface area contributed by atoms with Crippen molar-refractivity contribution in [2.45, 2.75) is 25.3 Å². The maximum atomic E-state index is 5.60. The lowest BCUT2D eigenvalue weighted by atomic mass is 10.0. The Morgan fingerprint density at radius 3 is 3.00 bits per heavy atom. The van der Waals surface area contributed by atoms with Crippen molar-refractivity contribution >= 4 is 0 Å². The molecular formula is C10H12N. The first-order chi connectivity index (χ1) is 5.42. The van der Waals surface area contributed by atoms with E-state index in [0.717, 1.165) is 5.92 Å². The van der Waals surface area contributed by atoms with Crippen molar-refractivity contribution in [2.75, 3.05) is 0 Å². The lowest BCUT2D eigenvalue weighted by Crippen LogP contribution is -2.00. The summed E-state index contributed by atoms with van der Waals surface area (Å²) in [6, 6.07) is 9.36. The normalized spacial score (nSPS) is 16.8. The second-order valence-corrected chi connectivity index (χ2v) is 3.09. The maximum Gasteiger partial charge on any atom is 0.0181 e. The molecule has 2 N–H and O–H groups in total. The van der Waals surface area contributed by atoms with Gasteiger partial charge in [0.25, 0.3) is 0 Å². The van der Waals surface area contributed by atoms with Crippen LogP contribution in [-0.2, 0) is 6.54 Å². The molecule has 1 saturated carbocycles. The Kier molecular flexibility index (Phi) is 1.66. The largest absolute Gasteiger partial charge is 0.326 e. The highest BCUT2D eigenvalue weighted by Crippen LogP contribution is 2.41. The van der Waals surface area contributed by atoms with Crippen molar-refractivity contribution in [3.8, 4) is 0 Å². The van der Waals surface area contributed by atoms with E-state index in [2.05, 4.69) is 12.1 Å². The molecule has 1 heteroatoms. The van der Waals surface area contributed by atoms with Crippen LogP contribution in [0.1, 0.15) is 29.9 Å². The summed E-state index contributed by atoms with van der Waals surface area (Å²) in [6.07, 6.45) is 2.65. The van der Waals surface area contributed by atoms with E-state index in [4.69, 9.17) is 5.73 Å². The first-order valence-corrected chi connectivity index (χ1v) is 4.11. The first-order valence-electron chi connectivity index (χ1n) is 4.11. The number of nitrogens with two attached hydrogens (primary N) is 1.